The molecule has 0 aliphatic carbocycles. The molecule has 0 amide bonds. The number of hydrogen-bond acceptors (Lipinski definition) is 2. The summed E-state index contributed by atoms with van der Waals surface area (Å²) in [5, 5.41) is 3.12. The van der Waals surface area contributed by atoms with Gasteiger partial charge in [0.1, 0.15) is 5.69 Å². The molecule has 0 bridgehead atoms. The lowest BCUT2D eigenvalue weighted by Gasteiger charge is -2.07. The molecule has 90 valence electrons. The zero-order valence-electron chi connectivity index (χ0n) is 10.4. The number of benzene rings is 1. The maximum Gasteiger partial charge on any atom is 0.295 e. The summed E-state index contributed by atoms with van der Waals surface area (Å²) in [6, 6.07) is 9.65. The molecule has 0 saturated heterocycles. The quantitative estimate of drug-likeness (QED) is 0.876. The van der Waals surface area contributed by atoms with Crippen molar-refractivity contribution in [1.82, 2.24) is 9.36 Å². The first-order valence-electron chi connectivity index (χ1n) is 5.74. The van der Waals surface area contributed by atoms with Crippen LogP contribution >= 0.6 is 0 Å². The largest absolute Gasteiger partial charge is 0.379 e. The van der Waals surface area contributed by atoms with Gasteiger partial charge >= 0.3 is 0 Å². The van der Waals surface area contributed by atoms with Gasteiger partial charge in [0.25, 0.3) is 5.56 Å². The fraction of sp³-hybridized carbons (Fsp3) is 0.308. The van der Waals surface area contributed by atoms with Gasteiger partial charge in [-0.25, -0.2) is 4.68 Å². The third kappa shape index (κ3) is 1.86. The van der Waals surface area contributed by atoms with Crippen LogP contribution in [0.5, 0.6) is 0 Å². The van der Waals surface area contributed by atoms with Gasteiger partial charge in [-0.15, -0.1) is 0 Å². The smallest absolute Gasteiger partial charge is 0.295 e. The summed E-state index contributed by atoms with van der Waals surface area (Å²) in [7, 11) is 1.89. The van der Waals surface area contributed by atoms with Crippen LogP contribution in [0.4, 0.5) is 5.69 Å². The molecule has 0 aliphatic heterocycles. The lowest BCUT2D eigenvalue weighted by atomic mass is 10.3. The summed E-state index contributed by atoms with van der Waals surface area (Å²) in [6.45, 7) is 4.67. The van der Waals surface area contributed by atoms with Crippen molar-refractivity contribution in [2.24, 2.45) is 7.05 Å². The summed E-state index contributed by atoms with van der Waals surface area (Å²) in [5.41, 5.74) is 2.50. The van der Waals surface area contributed by atoms with Crippen LogP contribution in [-0.4, -0.2) is 15.9 Å². The van der Waals surface area contributed by atoms with Crippen molar-refractivity contribution >= 4 is 5.69 Å². The Labute approximate surface area is 100 Å². The molecule has 4 heteroatoms. The maximum absolute atomic E-state index is 12.3. The van der Waals surface area contributed by atoms with Gasteiger partial charge in [-0.1, -0.05) is 18.2 Å². The lowest BCUT2D eigenvalue weighted by molar-refractivity contribution is 0.630. The number of hydrogen-bond donors (Lipinski definition) is 1. The van der Waals surface area contributed by atoms with E-state index in [9.17, 15) is 4.79 Å². The molecule has 1 N–H and O–H groups in total. The van der Waals surface area contributed by atoms with E-state index in [4.69, 9.17) is 0 Å². The van der Waals surface area contributed by atoms with Crippen LogP contribution in [0.3, 0.4) is 0 Å². The Balaban J connectivity index is 2.64. The van der Waals surface area contributed by atoms with Crippen molar-refractivity contribution in [1.29, 1.82) is 0 Å². The molecule has 1 aromatic heterocycles. The number of aromatic nitrogens is 2. The average Bonchev–Trinajstić information content (AvgIpc) is 2.55. The topological polar surface area (TPSA) is 39.0 Å². The summed E-state index contributed by atoms with van der Waals surface area (Å²) < 4.78 is 3.54. The van der Waals surface area contributed by atoms with Crippen LogP contribution in [-0.2, 0) is 7.05 Å². The Kier molecular flexibility index (Phi) is 3.04. The third-order valence-electron chi connectivity index (χ3n) is 2.91. The molecule has 0 radical (unpaired) electrons. The Morgan fingerprint density at radius 3 is 2.47 bits per heavy atom. The zero-order chi connectivity index (χ0) is 12.4. The molecule has 17 heavy (non-hydrogen) atoms. The van der Waals surface area contributed by atoms with Crippen LogP contribution in [0.15, 0.2) is 35.1 Å². The highest BCUT2D eigenvalue weighted by molar-refractivity contribution is 5.48. The van der Waals surface area contributed by atoms with Crippen LogP contribution in [0.1, 0.15) is 12.6 Å². The van der Waals surface area contributed by atoms with E-state index in [1.54, 1.807) is 4.68 Å². The van der Waals surface area contributed by atoms with Crippen molar-refractivity contribution in [3.63, 3.8) is 0 Å². The first-order valence-corrected chi connectivity index (χ1v) is 5.74. The van der Waals surface area contributed by atoms with E-state index in [0.29, 0.717) is 5.69 Å². The van der Waals surface area contributed by atoms with Gasteiger partial charge in [0.05, 0.1) is 11.4 Å². The lowest BCUT2D eigenvalue weighted by Crippen LogP contribution is -2.20. The van der Waals surface area contributed by atoms with Gasteiger partial charge in [-0.05, 0) is 26.0 Å². The molecule has 0 unspecified atom stereocenters. The van der Waals surface area contributed by atoms with E-state index in [2.05, 4.69) is 5.32 Å². The molecule has 0 spiro atoms. The number of para-hydroxylation sites is 1. The predicted molar refractivity (Wildman–Crippen MR) is 69.9 cm³/mol. The van der Waals surface area contributed by atoms with E-state index in [1.807, 2.05) is 55.9 Å². The number of nitrogens with zero attached hydrogens (tertiary/aromatic N) is 2. The number of nitrogens with one attached hydrogen (secondary N) is 1. The minimum atomic E-state index is -0.00181. The first kappa shape index (κ1) is 11.5. The van der Waals surface area contributed by atoms with Crippen LogP contribution in [0, 0.1) is 6.92 Å². The summed E-state index contributed by atoms with van der Waals surface area (Å²) >= 11 is 0. The fourth-order valence-electron chi connectivity index (χ4n) is 1.95. The molecule has 0 saturated carbocycles. The Bertz CT molecular complexity index is 566. The van der Waals surface area contributed by atoms with Crippen molar-refractivity contribution in [3.8, 4) is 5.69 Å². The maximum atomic E-state index is 12.3. The second-order valence-corrected chi connectivity index (χ2v) is 3.97. The van der Waals surface area contributed by atoms with Crippen molar-refractivity contribution < 1.29 is 0 Å². The minimum Gasteiger partial charge on any atom is -0.379 e. The van der Waals surface area contributed by atoms with E-state index in [1.165, 1.54) is 0 Å². The van der Waals surface area contributed by atoms with Crippen LogP contribution in [0.25, 0.3) is 5.69 Å². The molecule has 1 heterocycles. The van der Waals surface area contributed by atoms with E-state index in [-0.39, 0.29) is 5.56 Å². The highest BCUT2D eigenvalue weighted by Crippen LogP contribution is 2.13. The Morgan fingerprint density at radius 2 is 1.88 bits per heavy atom. The second-order valence-electron chi connectivity index (χ2n) is 3.97. The molecule has 0 aliphatic rings. The summed E-state index contributed by atoms with van der Waals surface area (Å²) in [5.74, 6) is 0. The van der Waals surface area contributed by atoms with Crippen molar-refractivity contribution in [2.45, 2.75) is 13.8 Å². The second kappa shape index (κ2) is 4.49. The van der Waals surface area contributed by atoms with E-state index < -0.39 is 0 Å². The molecular weight excluding hydrogens is 214 g/mol. The normalized spacial score (nSPS) is 10.5. The summed E-state index contributed by atoms with van der Waals surface area (Å²) in [6.07, 6.45) is 0. The molecule has 0 atom stereocenters. The highest BCUT2D eigenvalue weighted by Gasteiger charge is 2.14. The van der Waals surface area contributed by atoms with Crippen LogP contribution in [0.2, 0.25) is 0 Å². The SMILES string of the molecule is CCNc1c(C)n(C)n(-c2ccccc2)c1=O. The highest BCUT2D eigenvalue weighted by atomic mass is 16.1. The van der Waals surface area contributed by atoms with Gasteiger partial charge in [-0.2, -0.15) is 0 Å². The standard InChI is InChI=1S/C13H17N3O/c1-4-14-12-10(2)15(3)16(13(12)17)11-8-6-5-7-9-11/h5-9,14H,4H2,1-3H3. The molecular formula is C13H17N3O. The van der Waals surface area contributed by atoms with Gasteiger partial charge in [0.2, 0.25) is 0 Å². The monoisotopic (exact) mass is 231 g/mol. The summed E-state index contributed by atoms with van der Waals surface area (Å²) in [4.78, 5) is 12.3. The first-order chi connectivity index (χ1) is 8.16. The van der Waals surface area contributed by atoms with E-state index in [0.717, 1.165) is 17.9 Å². The predicted octanol–water partition coefficient (Wildman–Crippen LogP) is 1.92. The van der Waals surface area contributed by atoms with Crippen molar-refractivity contribution in [2.75, 3.05) is 11.9 Å². The van der Waals surface area contributed by atoms with E-state index >= 15 is 0 Å². The molecule has 2 aromatic rings. The number of rotatable bonds is 3. The molecule has 1 aromatic carbocycles. The average molecular weight is 231 g/mol. The van der Waals surface area contributed by atoms with Crippen LogP contribution < -0.4 is 10.9 Å². The third-order valence-corrected chi connectivity index (χ3v) is 2.91. The molecule has 4 nitrogen and oxygen atoms in total. The Morgan fingerprint density at radius 1 is 1.24 bits per heavy atom. The number of anilines is 1. The van der Waals surface area contributed by atoms with Crippen molar-refractivity contribution in [3.05, 3.63) is 46.4 Å². The zero-order valence-corrected chi connectivity index (χ0v) is 10.4. The molecule has 2 rings (SSSR count). The minimum absolute atomic E-state index is 0.00181. The van der Waals surface area contributed by atoms with Gasteiger partial charge in [0, 0.05) is 13.6 Å². The fourth-order valence-corrected chi connectivity index (χ4v) is 1.95. The molecule has 0 fully saturated rings. The Hall–Kier alpha value is -1.97. The van der Waals surface area contributed by atoms with Gasteiger partial charge < -0.3 is 5.32 Å². The van der Waals surface area contributed by atoms with Gasteiger partial charge in [0.15, 0.2) is 0 Å². The van der Waals surface area contributed by atoms with Gasteiger partial charge in [-0.3, -0.25) is 9.48 Å².